The lowest BCUT2D eigenvalue weighted by molar-refractivity contribution is 0.168. The van der Waals surface area contributed by atoms with E-state index in [2.05, 4.69) is 6.92 Å². The molecular weight excluding hydrogens is 267 g/mol. The number of aliphatic hydroxyl groups excluding tert-OH is 1. The van der Waals surface area contributed by atoms with E-state index >= 15 is 0 Å². The molecule has 0 saturated carbocycles. The van der Waals surface area contributed by atoms with Gasteiger partial charge in [-0.3, -0.25) is 0 Å². The maximum absolute atomic E-state index is 14.1. The molecule has 2 rings (SSSR count). The maximum Gasteiger partial charge on any atom is 0.129 e. The zero-order valence-electron chi connectivity index (χ0n) is 10.9. The van der Waals surface area contributed by atoms with Gasteiger partial charge in [-0.05, 0) is 31.0 Å². The van der Waals surface area contributed by atoms with Crippen molar-refractivity contribution in [3.63, 3.8) is 0 Å². The first-order chi connectivity index (χ1) is 8.50. The first-order valence-corrected chi connectivity index (χ1v) is 8.28. The molecule has 1 fully saturated rings. The molecule has 1 aliphatic rings. The number of rotatable bonds is 2. The summed E-state index contributed by atoms with van der Waals surface area (Å²) >= 11 is 3.62. The normalized spacial score (nSPS) is 26.1. The van der Waals surface area contributed by atoms with E-state index in [0.29, 0.717) is 10.8 Å². The minimum absolute atomic E-state index is 0.0830. The third-order valence-corrected chi connectivity index (χ3v) is 6.51. The van der Waals surface area contributed by atoms with Crippen molar-refractivity contribution < 1.29 is 9.50 Å². The van der Waals surface area contributed by atoms with Crippen molar-refractivity contribution >= 4 is 23.5 Å². The van der Waals surface area contributed by atoms with Crippen LogP contribution in [0.2, 0.25) is 0 Å². The van der Waals surface area contributed by atoms with Gasteiger partial charge in [0.2, 0.25) is 0 Å². The highest BCUT2D eigenvalue weighted by molar-refractivity contribution is 8.07. The molecule has 0 aromatic heterocycles. The second-order valence-electron chi connectivity index (χ2n) is 4.83. The van der Waals surface area contributed by atoms with E-state index in [1.807, 2.05) is 31.7 Å². The van der Waals surface area contributed by atoms with Gasteiger partial charge in [0.15, 0.2) is 0 Å². The largest absolute Gasteiger partial charge is 0.387 e. The summed E-state index contributed by atoms with van der Waals surface area (Å²) in [6.07, 6.45) is -0.710. The summed E-state index contributed by atoms with van der Waals surface area (Å²) in [7, 11) is 0. The van der Waals surface area contributed by atoms with Crippen LogP contribution in [0.5, 0.6) is 0 Å². The van der Waals surface area contributed by atoms with Gasteiger partial charge in [-0.15, -0.1) is 0 Å². The first kappa shape index (κ1) is 14.2. The summed E-state index contributed by atoms with van der Waals surface area (Å²) < 4.78 is 14.1. The van der Waals surface area contributed by atoms with Gasteiger partial charge in [-0.25, -0.2) is 4.39 Å². The summed E-state index contributed by atoms with van der Waals surface area (Å²) in [5.74, 6) is 1.87. The maximum atomic E-state index is 14.1. The van der Waals surface area contributed by atoms with Crippen LogP contribution in [-0.2, 0) is 0 Å². The Labute approximate surface area is 117 Å². The first-order valence-electron chi connectivity index (χ1n) is 6.18. The van der Waals surface area contributed by atoms with E-state index < -0.39 is 6.10 Å². The molecule has 1 aromatic carbocycles. The fourth-order valence-electron chi connectivity index (χ4n) is 2.46. The van der Waals surface area contributed by atoms with Gasteiger partial charge in [-0.1, -0.05) is 13.0 Å². The Morgan fingerprint density at radius 1 is 1.28 bits per heavy atom. The zero-order chi connectivity index (χ0) is 13.3. The summed E-state index contributed by atoms with van der Waals surface area (Å²) in [5.41, 5.74) is 2.23. The standard InChI is InChI=1S/C14H19FOS2/c1-8-6-9(2)12(11(15)7-8)13(16)14-10(3)17-4-5-18-14/h6-7,10,13-14,16H,4-5H2,1-3H3. The average molecular weight is 286 g/mol. The second-order valence-corrected chi connectivity index (χ2v) is 7.60. The number of halogens is 1. The molecule has 0 amide bonds. The molecular formula is C14H19FOS2. The van der Waals surface area contributed by atoms with Crippen LogP contribution < -0.4 is 0 Å². The van der Waals surface area contributed by atoms with E-state index in [0.717, 1.165) is 22.6 Å². The van der Waals surface area contributed by atoms with Crippen LogP contribution in [0.25, 0.3) is 0 Å². The molecule has 0 bridgehead atoms. The molecule has 0 aliphatic carbocycles. The summed E-state index contributed by atoms with van der Waals surface area (Å²) in [6.45, 7) is 5.87. The quantitative estimate of drug-likeness (QED) is 0.895. The molecule has 100 valence electrons. The van der Waals surface area contributed by atoms with E-state index in [-0.39, 0.29) is 11.1 Å². The van der Waals surface area contributed by atoms with Crippen LogP contribution in [0.1, 0.15) is 29.7 Å². The number of aryl methyl sites for hydroxylation is 2. The van der Waals surface area contributed by atoms with Gasteiger partial charge < -0.3 is 5.11 Å². The Morgan fingerprint density at radius 2 is 1.94 bits per heavy atom. The minimum atomic E-state index is -0.710. The molecule has 4 heteroatoms. The number of thioether (sulfide) groups is 2. The highest BCUT2D eigenvalue weighted by Gasteiger charge is 2.32. The molecule has 0 spiro atoms. The number of aliphatic hydroxyl groups is 1. The Balaban J connectivity index is 2.30. The highest BCUT2D eigenvalue weighted by Crippen LogP contribution is 2.40. The lowest BCUT2D eigenvalue weighted by Crippen LogP contribution is -2.30. The summed E-state index contributed by atoms with van der Waals surface area (Å²) in [6, 6.07) is 3.45. The van der Waals surface area contributed by atoms with Gasteiger partial charge in [0.05, 0.1) is 6.10 Å². The van der Waals surface area contributed by atoms with Crippen LogP contribution in [0, 0.1) is 19.7 Å². The van der Waals surface area contributed by atoms with Gasteiger partial charge in [0.25, 0.3) is 0 Å². The number of hydrogen-bond acceptors (Lipinski definition) is 3. The smallest absolute Gasteiger partial charge is 0.129 e. The van der Waals surface area contributed by atoms with E-state index in [1.54, 1.807) is 11.8 Å². The van der Waals surface area contributed by atoms with Crippen LogP contribution in [-0.4, -0.2) is 27.1 Å². The summed E-state index contributed by atoms with van der Waals surface area (Å²) in [5, 5.41) is 10.9. The lowest BCUT2D eigenvalue weighted by Gasteiger charge is -2.32. The minimum Gasteiger partial charge on any atom is -0.387 e. The van der Waals surface area contributed by atoms with E-state index in [1.165, 1.54) is 6.07 Å². The van der Waals surface area contributed by atoms with Crippen molar-refractivity contribution in [3.8, 4) is 0 Å². The van der Waals surface area contributed by atoms with E-state index in [4.69, 9.17) is 0 Å². The molecule has 1 N–H and O–H groups in total. The van der Waals surface area contributed by atoms with Gasteiger partial charge >= 0.3 is 0 Å². The van der Waals surface area contributed by atoms with Crippen molar-refractivity contribution in [2.75, 3.05) is 11.5 Å². The van der Waals surface area contributed by atoms with Crippen molar-refractivity contribution in [2.24, 2.45) is 0 Å². The van der Waals surface area contributed by atoms with Crippen LogP contribution >= 0.6 is 23.5 Å². The molecule has 1 aliphatic heterocycles. The Hall–Kier alpha value is -0.190. The third kappa shape index (κ3) is 2.86. The average Bonchev–Trinajstić information content (AvgIpc) is 2.27. The summed E-state index contributed by atoms with van der Waals surface area (Å²) in [4.78, 5) is 0. The molecule has 3 atom stereocenters. The molecule has 1 heterocycles. The van der Waals surface area contributed by atoms with Crippen LogP contribution in [0.4, 0.5) is 4.39 Å². The molecule has 18 heavy (non-hydrogen) atoms. The van der Waals surface area contributed by atoms with Crippen molar-refractivity contribution in [1.29, 1.82) is 0 Å². The second kappa shape index (κ2) is 5.85. The SMILES string of the molecule is Cc1cc(C)c(C(O)C2SCCSC2C)c(F)c1. The molecule has 3 unspecified atom stereocenters. The molecule has 0 radical (unpaired) electrons. The monoisotopic (exact) mass is 286 g/mol. The van der Waals surface area contributed by atoms with Crippen molar-refractivity contribution in [3.05, 3.63) is 34.6 Å². The topological polar surface area (TPSA) is 20.2 Å². The Morgan fingerprint density at radius 3 is 2.56 bits per heavy atom. The van der Waals surface area contributed by atoms with Crippen LogP contribution in [0.3, 0.4) is 0 Å². The fraction of sp³-hybridized carbons (Fsp3) is 0.571. The Kier molecular flexibility index (Phi) is 4.62. The number of benzene rings is 1. The van der Waals surface area contributed by atoms with Gasteiger partial charge in [0, 0.05) is 27.6 Å². The van der Waals surface area contributed by atoms with Gasteiger partial charge in [0.1, 0.15) is 5.82 Å². The predicted molar refractivity (Wildman–Crippen MR) is 79.0 cm³/mol. The molecule has 1 aromatic rings. The van der Waals surface area contributed by atoms with Crippen molar-refractivity contribution in [2.45, 2.75) is 37.4 Å². The highest BCUT2D eigenvalue weighted by atomic mass is 32.2. The third-order valence-electron chi connectivity index (χ3n) is 3.32. The zero-order valence-corrected chi connectivity index (χ0v) is 12.6. The van der Waals surface area contributed by atoms with Crippen molar-refractivity contribution in [1.82, 2.24) is 0 Å². The predicted octanol–water partition coefficient (Wildman–Crippen LogP) is 3.71. The van der Waals surface area contributed by atoms with Gasteiger partial charge in [-0.2, -0.15) is 23.5 Å². The van der Waals surface area contributed by atoms with E-state index in [9.17, 15) is 9.50 Å². The fourth-order valence-corrected chi connectivity index (χ4v) is 5.28. The Bertz CT molecular complexity index is 413. The number of hydrogen-bond donors (Lipinski definition) is 1. The molecule has 1 saturated heterocycles. The lowest BCUT2D eigenvalue weighted by atomic mass is 9.97. The van der Waals surface area contributed by atoms with Crippen LogP contribution in [0.15, 0.2) is 12.1 Å². The molecule has 1 nitrogen and oxygen atoms in total.